The monoisotopic (exact) mass is 397 g/mol. The van der Waals surface area contributed by atoms with Crippen LogP contribution in [-0.4, -0.2) is 43.5 Å². The van der Waals surface area contributed by atoms with Crippen molar-refractivity contribution in [3.63, 3.8) is 0 Å². The van der Waals surface area contributed by atoms with Gasteiger partial charge in [0.2, 0.25) is 0 Å². The summed E-state index contributed by atoms with van der Waals surface area (Å²) < 4.78 is 0. The van der Waals surface area contributed by atoms with Crippen LogP contribution in [-0.2, 0) is 0 Å². The molecule has 1 N–H and O–H groups in total. The first-order valence-corrected chi connectivity index (χ1v) is 11.1. The van der Waals surface area contributed by atoms with E-state index in [-0.39, 0.29) is 5.91 Å². The topological polar surface area (TPSA) is 35.6 Å². The Kier molecular flexibility index (Phi) is 7.03. The predicted octanol–water partition coefficient (Wildman–Crippen LogP) is 5.16. The molecule has 1 amide bonds. The minimum atomic E-state index is -0.00748. The normalized spacial score (nSPS) is 13.8. The molecule has 0 fully saturated rings. The second-order valence-corrected chi connectivity index (χ2v) is 8.27. The van der Waals surface area contributed by atoms with Crippen molar-refractivity contribution in [1.82, 2.24) is 10.2 Å². The molecule has 150 valence electrons. The van der Waals surface area contributed by atoms with Gasteiger partial charge in [0, 0.05) is 34.5 Å². The number of amides is 1. The Bertz CT molecular complexity index is 823. The number of anilines is 2. The maximum absolute atomic E-state index is 12.3. The molecule has 1 aliphatic heterocycles. The van der Waals surface area contributed by atoms with Crippen molar-refractivity contribution in [2.24, 2.45) is 0 Å². The van der Waals surface area contributed by atoms with E-state index in [4.69, 9.17) is 0 Å². The zero-order chi connectivity index (χ0) is 20.1. The third-order valence-electron chi connectivity index (χ3n) is 5.51. The number of hydrogen-bond donors (Lipinski definition) is 1. The molecular formula is C23H31N3OS. The number of benzene rings is 2. The summed E-state index contributed by atoms with van der Waals surface area (Å²) in [6.45, 7) is 9.10. The number of carbonyl (C=O) groups is 1. The molecule has 1 unspecified atom stereocenters. The average Bonchev–Trinajstić information content (AvgIpc) is 2.72. The summed E-state index contributed by atoms with van der Waals surface area (Å²) in [5, 5.41) is 2.90. The molecule has 0 bridgehead atoms. The Balaban J connectivity index is 1.91. The summed E-state index contributed by atoms with van der Waals surface area (Å²) in [7, 11) is 2.21. The molecule has 1 heterocycles. The predicted molar refractivity (Wildman–Crippen MR) is 119 cm³/mol. The van der Waals surface area contributed by atoms with E-state index < -0.39 is 0 Å². The second-order valence-electron chi connectivity index (χ2n) is 7.19. The van der Waals surface area contributed by atoms with Crippen molar-refractivity contribution in [1.29, 1.82) is 0 Å². The van der Waals surface area contributed by atoms with Crippen LogP contribution in [0.4, 0.5) is 11.4 Å². The highest BCUT2D eigenvalue weighted by Gasteiger charge is 2.25. The Morgan fingerprint density at radius 2 is 1.86 bits per heavy atom. The number of fused-ring (bicyclic) bond motifs is 2. The van der Waals surface area contributed by atoms with Gasteiger partial charge in [-0.25, -0.2) is 0 Å². The zero-order valence-electron chi connectivity index (χ0n) is 17.4. The standard InChI is InChI=1S/C23H31N3OS/c1-5-18(25(4)7-3)14-15-26-19-10-8-9-11-21(19)28-22-16-17(12-13-20(22)26)23(27)24-6-2/h8-13,16,18H,5-7,14-15H2,1-4H3,(H,24,27). The van der Waals surface area contributed by atoms with Gasteiger partial charge in [-0.2, -0.15) is 0 Å². The third-order valence-corrected chi connectivity index (χ3v) is 6.62. The van der Waals surface area contributed by atoms with E-state index >= 15 is 0 Å². The van der Waals surface area contributed by atoms with Gasteiger partial charge in [0.25, 0.3) is 5.91 Å². The molecule has 28 heavy (non-hydrogen) atoms. The minimum absolute atomic E-state index is 0.00748. The number of para-hydroxylation sites is 1. The van der Waals surface area contributed by atoms with Gasteiger partial charge in [-0.1, -0.05) is 37.7 Å². The Morgan fingerprint density at radius 1 is 1.11 bits per heavy atom. The summed E-state index contributed by atoms with van der Waals surface area (Å²) in [5.41, 5.74) is 3.19. The number of rotatable bonds is 8. The summed E-state index contributed by atoms with van der Waals surface area (Å²) in [5.74, 6) is -0.00748. The lowest BCUT2D eigenvalue weighted by molar-refractivity contribution is 0.0955. The fourth-order valence-electron chi connectivity index (χ4n) is 3.75. The Labute approximate surface area is 173 Å². The van der Waals surface area contributed by atoms with E-state index in [1.807, 2.05) is 19.1 Å². The van der Waals surface area contributed by atoms with Crippen molar-refractivity contribution in [2.75, 3.05) is 31.6 Å². The van der Waals surface area contributed by atoms with Crippen molar-refractivity contribution >= 4 is 29.0 Å². The van der Waals surface area contributed by atoms with Gasteiger partial charge in [-0.15, -0.1) is 0 Å². The van der Waals surface area contributed by atoms with Crippen molar-refractivity contribution in [3.8, 4) is 0 Å². The van der Waals surface area contributed by atoms with Crippen LogP contribution in [0, 0.1) is 0 Å². The molecular weight excluding hydrogens is 366 g/mol. The SMILES string of the molecule is CCNC(=O)c1ccc2c(c1)Sc1ccccc1N2CCC(CC)N(C)CC. The molecule has 0 aliphatic carbocycles. The first-order valence-electron chi connectivity index (χ1n) is 10.3. The van der Waals surface area contributed by atoms with E-state index in [9.17, 15) is 4.79 Å². The maximum Gasteiger partial charge on any atom is 0.251 e. The smallest absolute Gasteiger partial charge is 0.251 e. The van der Waals surface area contributed by atoms with E-state index in [1.54, 1.807) is 11.8 Å². The summed E-state index contributed by atoms with van der Waals surface area (Å²) >= 11 is 1.75. The molecule has 0 radical (unpaired) electrons. The fourth-order valence-corrected chi connectivity index (χ4v) is 4.89. The summed E-state index contributed by atoms with van der Waals surface area (Å²) in [6.07, 6.45) is 2.26. The lowest BCUT2D eigenvalue weighted by atomic mass is 10.1. The van der Waals surface area contributed by atoms with Gasteiger partial charge < -0.3 is 15.1 Å². The molecule has 2 aromatic carbocycles. The van der Waals surface area contributed by atoms with Crippen LogP contribution in [0.2, 0.25) is 0 Å². The molecule has 4 nitrogen and oxygen atoms in total. The lowest BCUT2D eigenvalue weighted by Gasteiger charge is -2.35. The second kappa shape index (κ2) is 9.48. The van der Waals surface area contributed by atoms with Crippen molar-refractivity contribution < 1.29 is 4.79 Å². The van der Waals surface area contributed by atoms with Crippen LogP contribution in [0.25, 0.3) is 0 Å². The van der Waals surface area contributed by atoms with E-state index in [0.29, 0.717) is 12.6 Å². The largest absolute Gasteiger partial charge is 0.352 e. The molecule has 0 saturated heterocycles. The van der Waals surface area contributed by atoms with E-state index in [0.717, 1.165) is 36.4 Å². The summed E-state index contributed by atoms with van der Waals surface area (Å²) in [6, 6.07) is 15.2. The van der Waals surface area contributed by atoms with E-state index in [2.05, 4.69) is 66.3 Å². The van der Waals surface area contributed by atoms with Crippen LogP contribution in [0.1, 0.15) is 44.0 Å². The highest BCUT2D eigenvalue weighted by atomic mass is 32.2. The number of nitrogens with zero attached hydrogens (tertiary/aromatic N) is 2. The number of hydrogen-bond acceptors (Lipinski definition) is 4. The molecule has 0 aromatic heterocycles. The average molecular weight is 398 g/mol. The van der Waals surface area contributed by atoms with Crippen molar-refractivity contribution in [2.45, 2.75) is 49.4 Å². The Hall–Kier alpha value is -1.98. The molecule has 5 heteroatoms. The molecule has 3 rings (SSSR count). The first kappa shape index (κ1) is 20.7. The van der Waals surface area contributed by atoms with Gasteiger partial charge in [0.05, 0.1) is 11.4 Å². The van der Waals surface area contributed by atoms with Gasteiger partial charge in [-0.05, 0) is 63.7 Å². The minimum Gasteiger partial charge on any atom is -0.352 e. The summed E-state index contributed by atoms with van der Waals surface area (Å²) in [4.78, 5) is 19.5. The highest BCUT2D eigenvalue weighted by Crippen LogP contribution is 2.48. The molecule has 0 spiro atoms. The number of nitrogens with one attached hydrogen (secondary N) is 1. The van der Waals surface area contributed by atoms with Crippen LogP contribution >= 0.6 is 11.8 Å². The Morgan fingerprint density at radius 3 is 2.57 bits per heavy atom. The van der Waals surface area contributed by atoms with Gasteiger partial charge >= 0.3 is 0 Å². The lowest BCUT2D eigenvalue weighted by Crippen LogP contribution is -2.34. The van der Waals surface area contributed by atoms with Crippen LogP contribution in [0.3, 0.4) is 0 Å². The van der Waals surface area contributed by atoms with Crippen molar-refractivity contribution in [3.05, 3.63) is 48.0 Å². The third kappa shape index (κ3) is 4.36. The first-order chi connectivity index (χ1) is 13.6. The fraction of sp³-hybridized carbons (Fsp3) is 0.435. The van der Waals surface area contributed by atoms with Gasteiger partial charge in [-0.3, -0.25) is 4.79 Å². The van der Waals surface area contributed by atoms with Crippen LogP contribution in [0.15, 0.2) is 52.3 Å². The van der Waals surface area contributed by atoms with Gasteiger partial charge in [0.15, 0.2) is 0 Å². The van der Waals surface area contributed by atoms with Crippen LogP contribution in [0.5, 0.6) is 0 Å². The maximum atomic E-state index is 12.3. The highest BCUT2D eigenvalue weighted by molar-refractivity contribution is 7.99. The van der Waals surface area contributed by atoms with Crippen LogP contribution < -0.4 is 10.2 Å². The van der Waals surface area contributed by atoms with E-state index in [1.165, 1.54) is 16.3 Å². The van der Waals surface area contributed by atoms with Gasteiger partial charge in [0.1, 0.15) is 0 Å². The quantitative estimate of drug-likeness (QED) is 0.667. The molecule has 1 atom stereocenters. The number of carbonyl (C=O) groups excluding carboxylic acids is 1. The zero-order valence-corrected chi connectivity index (χ0v) is 18.2. The molecule has 0 saturated carbocycles. The molecule has 1 aliphatic rings. The molecule has 2 aromatic rings.